The maximum atomic E-state index is 12.6. The topological polar surface area (TPSA) is 63.3 Å². The Morgan fingerprint density at radius 2 is 2.17 bits per heavy atom. The van der Waals surface area contributed by atoms with Gasteiger partial charge in [-0.1, -0.05) is 0 Å². The number of aryl methyl sites for hydroxylation is 2. The van der Waals surface area contributed by atoms with Crippen molar-refractivity contribution in [2.75, 3.05) is 31.1 Å². The van der Waals surface area contributed by atoms with E-state index in [0.717, 1.165) is 41.7 Å². The zero-order valence-corrected chi connectivity index (χ0v) is 15.2. The molecule has 3 heterocycles. The number of furan rings is 1. The summed E-state index contributed by atoms with van der Waals surface area (Å²) in [7, 11) is 1.86. The molecule has 1 unspecified atom stereocenters. The average molecular weight is 348 g/mol. The first-order chi connectivity index (χ1) is 11.6. The molecule has 0 spiro atoms. The van der Waals surface area contributed by atoms with E-state index in [0.29, 0.717) is 12.1 Å². The van der Waals surface area contributed by atoms with Crippen LogP contribution in [0.3, 0.4) is 0 Å². The van der Waals surface area contributed by atoms with Gasteiger partial charge in [-0.2, -0.15) is 16.9 Å². The second-order valence-corrected chi connectivity index (χ2v) is 7.28. The molecule has 0 saturated carbocycles. The van der Waals surface area contributed by atoms with Crippen LogP contribution in [0.2, 0.25) is 0 Å². The van der Waals surface area contributed by atoms with Crippen molar-refractivity contribution >= 4 is 17.7 Å². The SMILES string of the molecule is Cc1nn(C)c(C)c1C(=O)NCC(c1ccco1)N1CCSCC1. The Labute approximate surface area is 146 Å². The highest BCUT2D eigenvalue weighted by Gasteiger charge is 2.26. The molecule has 1 amide bonds. The highest BCUT2D eigenvalue weighted by Crippen LogP contribution is 2.24. The third kappa shape index (κ3) is 3.52. The second kappa shape index (κ2) is 7.44. The molecule has 6 nitrogen and oxygen atoms in total. The largest absolute Gasteiger partial charge is 0.468 e. The van der Waals surface area contributed by atoms with E-state index in [9.17, 15) is 4.79 Å². The number of nitrogens with one attached hydrogen (secondary N) is 1. The van der Waals surface area contributed by atoms with Crippen LogP contribution in [0.4, 0.5) is 0 Å². The lowest BCUT2D eigenvalue weighted by Crippen LogP contribution is -2.42. The molecule has 130 valence electrons. The Hall–Kier alpha value is -1.73. The molecule has 24 heavy (non-hydrogen) atoms. The van der Waals surface area contributed by atoms with Gasteiger partial charge in [0, 0.05) is 43.9 Å². The highest BCUT2D eigenvalue weighted by molar-refractivity contribution is 7.99. The summed E-state index contributed by atoms with van der Waals surface area (Å²) in [5.74, 6) is 3.07. The summed E-state index contributed by atoms with van der Waals surface area (Å²) in [5.41, 5.74) is 2.32. The fourth-order valence-electron chi connectivity index (χ4n) is 3.16. The number of amides is 1. The molecule has 1 aliphatic rings. The van der Waals surface area contributed by atoms with Crippen LogP contribution < -0.4 is 5.32 Å². The number of hydrogen-bond donors (Lipinski definition) is 1. The molecule has 1 aliphatic heterocycles. The maximum absolute atomic E-state index is 12.6. The van der Waals surface area contributed by atoms with Crippen LogP contribution in [-0.2, 0) is 7.05 Å². The summed E-state index contributed by atoms with van der Waals surface area (Å²) in [6.45, 7) is 6.34. The summed E-state index contributed by atoms with van der Waals surface area (Å²) in [4.78, 5) is 15.0. The summed E-state index contributed by atoms with van der Waals surface area (Å²) >= 11 is 1.97. The van der Waals surface area contributed by atoms with Gasteiger partial charge in [0.15, 0.2) is 0 Å². The molecule has 0 aliphatic carbocycles. The lowest BCUT2D eigenvalue weighted by Gasteiger charge is -2.33. The number of carbonyl (C=O) groups excluding carboxylic acids is 1. The number of aromatic nitrogens is 2. The van der Waals surface area contributed by atoms with E-state index in [1.54, 1.807) is 10.9 Å². The van der Waals surface area contributed by atoms with E-state index in [-0.39, 0.29) is 11.9 Å². The van der Waals surface area contributed by atoms with Gasteiger partial charge in [-0.05, 0) is 26.0 Å². The molecule has 7 heteroatoms. The minimum atomic E-state index is -0.0685. The van der Waals surface area contributed by atoms with Crippen molar-refractivity contribution in [3.63, 3.8) is 0 Å². The molecule has 3 rings (SSSR count). The molecule has 2 aromatic heterocycles. The third-order valence-electron chi connectivity index (χ3n) is 4.55. The second-order valence-electron chi connectivity index (χ2n) is 6.06. The van der Waals surface area contributed by atoms with E-state index >= 15 is 0 Å². The molecule has 1 fully saturated rings. The number of rotatable bonds is 5. The predicted molar refractivity (Wildman–Crippen MR) is 95.4 cm³/mol. The van der Waals surface area contributed by atoms with E-state index in [4.69, 9.17) is 4.42 Å². The zero-order valence-electron chi connectivity index (χ0n) is 14.4. The minimum Gasteiger partial charge on any atom is -0.468 e. The maximum Gasteiger partial charge on any atom is 0.255 e. The fraction of sp³-hybridized carbons (Fsp3) is 0.529. The molecule has 1 saturated heterocycles. The van der Waals surface area contributed by atoms with Crippen molar-refractivity contribution in [1.82, 2.24) is 20.0 Å². The molecule has 1 N–H and O–H groups in total. The van der Waals surface area contributed by atoms with Crippen LogP contribution >= 0.6 is 11.8 Å². The Balaban J connectivity index is 1.72. The van der Waals surface area contributed by atoms with E-state index in [1.165, 1.54) is 0 Å². The van der Waals surface area contributed by atoms with Crippen molar-refractivity contribution in [3.8, 4) is 0 Å². The predicted octanol–water partition coefficient (Wildman–Crippen LogP) is 2.15. The summed E-state index contributed by atoms with van der Waals surface area (Å²) in [6, 6.07) is 3.96. The van der Waals surface area contributed by atoms with Crippen molar-refractivity contribution in [2.24, 2.45) is 7.05 Å². The average Bonchev–Trinajstić information content (AvgIpc) is 3.18. The standard InChI is InChI=1S/C17H24N4O2S/c1-12-16(13(2)20(3)19-12)17(22)18-11-14(15-5-4-8-23-15)21-6-9-24-10-7-21/h4-5,8,14H,6-7,9-11H2,1-3H3,(H,18,22). The monoisotopic (exact) mass is 348 g/mol. The molecule has 1 atom stereocenters. The van der Waals surface area contributed by atoms with Crippen molar-refractivity contribution in [1.29, 1.82) is 0 Å². The first kappa shape index (κ1) is 17.1. The zero-order chi connectivity index (χ0) is 17.1. The third-order valence-corrected chi connectivity index (χ3v) is 5.49. The first-order valence-corrected chi connectivity index (χ1v) is 9.37. The van der Waals surface area contributed by atoms with E-state index < -0.39 is 0 Å². The van der Waals surface area contributed by atoms with Crippen LogP contribution in [0.5, 0.6) is 0 Å². The van der Waals surface area contributed by atoms with Gasteiger partial charge < -0.3 is 9.73 Å². The number of carbonyl (C=O) groups is 1. The summed E-state index contributed by atoms with van der Waals surface area (Å²) in [5, 5.41) is 7.40. The lowest BCUT2D eigenvalue weighted by atomic mass is 10.1. The Kier molecular flexibility index (Phi) is 5.30. The lowest BCUT2D eigenvalue weighted by molar-refractivity contribution is 0.0928. The number of hydrogen-bond acceptors (Lipinski definition) is 5. The van der Waals surface area contributed by atoms with Gasteiger partial charge in [0.2, 0.25) is 0 Å². The Morgan fingerprint density at radius 1 is 1.42 bits per heavy atom. The van der Waals surface area contributed by atoms with Gasteiger partial charge in [0.1, 0.15) is 5.76 Å². The number of thioether (sulfide) groups is 1. The highest BCUT2D eigenvalue weighted by atomic mass is 32.2. The van der Waals surface area contributed by atoms with Crippen molar-refractivity contribution < 1.29 is 9.21 Å². The smallest absolute Gasteiger partial charge is 0.255 e. The van der Waals surface area contributed by atoms with Crippen molar-refractivity contribution in [3.05, 3.63) is 41.1 Å². The molecular weight excluding hydrogens is 324 g/mol. The van der Waals surface area contributed by atoms with Crippen LogP contribution in [0, 0.1) is 13.8 Å². The normalized spacial score (nSPS) is 17.0. The summed E-state index contributed by atoms with van der Waals surface area (Å²) in [6.07, 6.45) is 1.69. The van der Waals surface area contributed by atoms with Crippen LogP contribution in [0.25, 0.3) is 0 Å². The molecule has 2 aromatic rings. The molecule has 0 aromatic carbocycles. The van der Waals surface area contributed by atoms with Crippen LogP contribution in [0.15, 0.2) is 22.8 Å². The minimum absolute atomic E-state index is 0.0685. The molecule has 0 bridgehead atoms. The Bertz CT molecular complexity index is 690. The van der Waals surface area contributed by atoms with Gasteiger partial charge in [0.25, 0.3) is 5.91 Å². The first-order valence-electron chi connectivity index (χ1n) is 8.21. The molecular formula is C17H24N4O2S. The fourth-order valence-corrected chi connectivity index (χ4v) is 4.09. The quantitative estimate of drug-likeness (QED) is 0.897. The van der Waals surface area contributed by atoms with Gasteiger partial charge in [0.05, 0.1) is 23.6 Å². The van der Waals surface area contributed by atoms with Crippen LogP contribution in [-0.4, -0.2) is 51.7 Å². The number of nitrogens with zero attached hydrogens (tertiary/aromatic N) is 3. The van der Waals surface area contributed by atoms with Gasteiger partial charge in [-0.15, -0.1) is 0 Å². The van der Waals surface area contributed by atoms with Gasteiger partial charge in [-0.3, -0.25) is 14.4 Å². The van der Waals surface area contributed by atoms with Gasteiger partial charge >= 0.3 is 0 Å². The molecule has 0 radical (unpaired) electrons. The van der Waals surface area contributed by atoms with E-state index in [1.807, 2.05) is 44.8 Å². The van der Waals surface area contributed by atoms with E-state index in [2.05, 4.69) is 15.3 Å². The summed E-state index contributed by atoms with van der Waals surface area (Å²) < 4.78 is 7.37. The van der Waals surface area contributed by atoms with Crippen LogP contribution in [0.1, 0.15) is 33.5 Å². The Morgan fingerprint density at radius 3 is 2.75 bits per heavy atom. The van der Waals surface area contributed by atoms with Gasteiger partial charge in [-0.25, -0.2) is 0 Å². The van der Waals surface area contributed by atoms with Crippen molar-refractivity contribution in [2.45, 2.75) is 19.9 Å².